The minimum Gasteiger partial charge on any atom is -0.478 e. The zero-order valence-electron chi connectivity index (χ0n) is 12.5. The van der Waals surface area contributed by atoms with E-state index in [0.717, 1.165) is 24.1 Å². The minimum absolute atomic E-state index is 0.341. The predicted octanol–water partition coefficient (Wildman–Crippen LogP) is 2.68. The van der Waals surface area contributed by atoms with Crippen molar-refractivity contribution in [1.29, 1.82) is 0 Å². The normalized spacial score (nSPS) is 15.6. The molecular formula is C15H23N3O2. The largest absolute Gasteiger partial charge is 0.478 e. The van der Waals surface area contributed by atoms with Crippen molar-refractivity contribution in [2.24, 2.45) is 0 Å². The van der Waals surface area contributed by atoms with E-state index in [-0.39, 0.29) is 0 Å². The summed E-state index contributed by atoms with van der Waals surface area (Å²) in [4.78, 5) is 13.7. The van der Waals surface area contributed by atoms with Gasteiger partial charge in [0.1, 0.15) is 5.56 Å². The Morgan fingerprint density at radius 3 is 2.40 bits per heavy atom. The van der Waals surface area contributed by atoms with E-state index < -0.39 is 5.97 Å². The third-order valence-electron chi connectivity index (χ3n) is 4.25. The third-order valence-corrected chi connectivity index (χ3v) is 4.25. The summed E-state index contributed by atoms with van der Waals surface area (Å²) in [6, 6.07) is 0.389. The number of anilines is 1. The molecule has 0 spiro atoms. The van der Waals surface area contributed by atoms with Crippen molar-refractivity contribution in [1.82, 2.24) is 10.2 Å². The van der Waals surface area contributed by atoms with Crippen molar-refractivity contribution in [2.45, 2.75) is 58.4 Å². The fraction of sp³-hybridized carbons (Fsp3) is 0.667. The summed E-state index contributed by atoms with van der Waals surface area (Å²) in [5.74, 6) is -0.371. The molecule has 2 rings (SSSR count). The molecule has 1 aromatic rings. The number of hydrogen-bond donors (Lipinski definition) is 1. The highest BCUT2D eigenvalue weighted by Gasteiger charge is 2.27. The Morgan fingerprint density at radius 2 is 1.90 bits per heavy atom. The average molecular weight is 277 g/mol. The van der Waals surface area contributed by atoms with E-state index in [9.17, 15) is 9.90 Å². The number of nitrogens with zero attached hydrogens (tertiary/aromatic N) is 3. The van der Waals surface area contributed by atoms with Crippen LogP contribution in [0.15, 0.2) is 0 Å². The minimum atomic E-state index is -0.897. The molecule has 0 aromatic carbocycles. The molecule has 5 nitrogen and oxygen atoms in total. The zero-order chi connectivity index (χ0) is 14.7. The summed E-state index contributed by atoms with van der Waals surface area (Å²) >= 11 is 0. The first-order valence-electron chi connectivity index (χ1n) is 7.44. The second-order valence-corrected chi connectivity index (χ2v) is 5.39. The van der Waals surface area contributed by atoms with Crippen molar-refractivity contribution < 1.29 is 9.90 Å². The van der Waals surface area contributed by atoms with E-state index in [1.54, 1.807) is 0 Å². The van der Waals surface area contributed by atoms with Crippen LogP contribution in [0.2, 0.25) is 0 Å². The van der Waals surface area contributed by atoms with Crippen LogP contribution in [0, 0.1) is 0 Å². The van der Waals surface area contributed by atoms with Gasteiger partial charge in [0.25, 0.3) is 0 Å². The van der Waals surface area contributed by atoms with Crippen LogP contribution in [-0.4, -0.2) is 34.4 Å². The Kier molecular flexibility index (Phi) is 4.57. The van der Waals surface area contributed by atoms with Gasteiger partial charge in [0.2, 0.25) is 0 Å². The number of aromatic carboxylic acids is 1. The summed E-state index contributed by atoms with van der Waals surface area (Å²) in [5, 5.41) is 18.1. The fourth-order valence-corrected chi connectivity index (χ4v) is 3.10. The quantitative estimate of drug-likeness (QED) is 0.896. The first-order valence-corrected chi connectivity index (χ1v) is 7.44. The molecule has 5 heteroatoms. The SMILES string of the molecule is CCc1nnc(N(C)C2CCCC2)c(C(=O)O)c1CC. The van der Waals surface area contributed by atoms with Crippen LogP contribution in [-0.2, 0) is 12.8 Å². The van der Waals surface area contributed by atoms with Crippen LogP contribution in [0.25, 0.3) is 0 Å². The van der Waals surface area contributed by atoms with Gasteiger partial charge in [-0.3, -0.25) is 0 Å². The first kappa shape index (κ1) is 14.8. The summed E-state index contributed by atoms with van der Waals surface area (Å²) < 4.78 is 0. The van der Waals surface area contributed by atoms with Gasteiger partial charge in [0, 0.05) is 13.1 Å². The molecule has 0 amide bonds. The molecular weight excluding hydrogens is 254 g/mol. The molecule has 0 saturated heterocycles. The summed E-state index contributed by atoms with van der Waals surface area (Å²) in [6.45, 7) is 3.96. The molecule has 1 saturated carbocycles. The molecule has 1 fully saturated rings. The molecule has 0 bridgehead atoms. The van der Waals surface area contributed by atoms with Crippen molar-refractivity contribution in [2.75, 3.05) is 11.9 Å². The van der Waals surface area contributed by atoms with Crippen LogP contribution in [0.4, 0.5) is 5.82 Å². The van der Waals surface area contributed by atoms with Crippen molar-refractivity contribution >= 4 is 11.8 Å². The van der Waals surface area contributed by atoms with E-state index in [2.05, 4.69) is 10.2 Å². The second kappa shape index (κ2) is 6.20. The maximum Gasteiger partial charge on any atom is 0.339 e. The molecule has 1 aliphatic carbocycles. The smallest absolute Gasteiger partial charge is 0.339 e. The lowest BCUT2D eigenvalue weighted by atomic mass is 10.0. The fourth-order valence-electron chi connectivity index (χ4n) is 3.10. The van der Waals surface area contributed by atoms with Crippen LogP contribution in [0.5, 0.6) is 0 Å². The van der Waals surface area contributed by atoms with Crippen molar-refractivity contribution in [3.8, 4) is 0 Å². The van der Waals surface area contributed by atoms with E-state index in [1.165, 1.54) is 12.8 Å². The summed E-state index contributed by atoms with van der Waals surface area (Å²) in [5.41, 5.74) is 1.97. The Balaban J connectivity index is 2.48. The van der Waals surface area contributed by atoms with E-state index in [0.29, 0.717) is 30.3 Å². The number of carboxylic acid groups (broad SMARTS) is 1. The van der Waals surface area contributed by atoms with Gasteiger partial charge >= 0.3 is 5.97 Å². The average Bonchev–Trinajstić information content (AvgIpc) is 2.98. The van der Waals surface area contributed by atoms with Crippen molar-refractivity contribution in [3.63, 3.8) is 0 Å². The van der Waals surface area contributed by atoms with Gasteiger partial charge in [-0.2, -0.15) is 5.10 Å². The Morgan fingerprint density at radius 1 is 1.25 bits per heavy atom. The van der Waals surface area contributed by atoms with Crippen LogP contribution >= 0.6 is 0 Å². The molecule has 1 aromatic heterocycles. The Hall–Kier alpha value is -1.65. The van der Waals surface area contributed by atoms with E-state index in [4.69, 9.17) is 0 Å². The zero-order valence-corrected chi connectivity index (χ0v) is 12.5. The highest BCUT2D eigenvalue weighted by atomic mass is 16.4. The highest BCUT2D eigenvalue weighted by Crippen LogP contribution is 2.30. The van der Waals surface area contributed by atoms with Crippen LogP contribution in [0.3, 0.4) is 0 Å². The third kappa shape index (κ3) is 2.62. The van der Waals surface area contributed by atoms with Gasteiger partial charge in [-0.25, -0.2) is 4.79 Å². The van der Waals surface area contributed by atoms with Gasteiger partial charge in [-0.15, -0.1) is 5.10 Å². The molecule has 0 unspecified atom stereocenters. The van der Waals surface area contributed by atoms with Crippen molar-refractivity contribution in [3.05, 3.63) is 16.8 Å². The molecule has 1 heterocycles. The first-order chi connectivity index (χ1) is 9.60. The highest BCUT2D eigenvalue weighted by molar-refractivity contribution is 5.95. The molecule has 1 N–H and O–H groups in total. The second-order valence-electron chi connectivity index (χ2n) is 5.39. The van der Waals surface area contributed by atoms with Crippen LogP contribution < -0.4 is 4.90 Å². The molecule has 0 atom stereocenters. The number of carboxylic acids is 1. The number of carbonyl (C=O) groups is 1. The van der Waals surface area contributed by atoms with Gasteiger partial charge in [-0.05, 0) is 31.2 Å². The molecule has 20 heavy (non-hydrogen) atoms. The standard InChI is InChI=1S/C15H23N3O2/c1-4-11-12(5-2)16-17-14(13(11)15(19)20)18(3)10-8-6-7-9-10/h10H,4-9H2,1-3H3,(H,19,20). The van der Waals surface area contributed by atoms with Gasteiger partial charge in [-0.1, -0.05) is 26.7 Å². The molecule has 0 aliphatic heterocycles. The monoisotopic (exact) mass is 277 g/mol. The number of rotatable bonds is 5. The van der Waals surface area contributed by atoms with Gasteiger partial charge in [0.05, 0.1) is 5.69 Å². The summed E-state index contributed by atoms with van der Waals surface area (Å²) in [7, 11) is 1.94. The number of hydrogen-bond acceptors (Lipinski definition) is 4. The van der Waals surface area contributed by atoms with Crippen LogP contribution in [0.1, 0.15) is 61.1 Å². The number of aryl methyl sites for hydroxylation is 1. The molecule has 110 valence electrons. The maximum absolute atomic E-state index is 11.7. The van der Waals surface area contributed by atoms with E-state index >= 15 is 0 Å². The summed E-state index contributed by atoms with van der Waals surface area (Å²) in [6.07, 6.45) is 6.01. The number of aromatic nitrogens is 2. The lowest BCUT2D eigenvalue weighted by Crippen LogP contribution is -2.32. The Labute approximate surface area is 120 Å². The van der Waals surface area contributed by atoms with Gasteiger partial charge < -0.3 is 10.0 Å². The topological polar surface area (TPSA) is 66.3 Å². The van der Waals surface area contributed by atoms with Gasteiger partial charge in [0.15, 0.2) is 5.82 Å². The molecule has 1 aliphatic rings. The Bertz CT molecular complexity index is 496. The van der Waals surface area contributed by atoms with E-state index in [1.807, 2.05) is 25.8 Å². The molecule has 0 radical (unpaired) electrons. The lowest BCUT2D eigenvalue weighted by molar-refractivity contribution is 0.0695. The maximum atomic E-state index is 11.7. The predicted molar refractivity (Wildman–Crippen MR) is 78.4 cm³/mol. The lowest BCUT2D eigenvalue weighted by Gasteiger charge is -2.27.